The van der Waals surface area contributed by atoms with Crippen molar-refractivity contribution >= 4 is 29.3 Å². The molecule has 2 aromatic rings. The molecular formula is C14H12Cl2N2O3. The Hall–Kier alpha value is -1.72. The standard InChI is InChI=1S/C14H12Cl2N2O3/c15-9-2-1-3-10(16)11(9)12-8(6-20-14(17)19)13(21-18-12)7-4-5-7/h1-3,7H,4-6H2,(H2,17,19). The van der Waals surface area contributed by atoms with Gasteiger partial charge in [0.25, 0.3) is 0 Å². The minimum atomic E-state index is -0.853. The van der Waals surface area contributed by atoms with E-state index in [9.17, 15) is 4.79 Å². The molecule has 7 heteroatoms. The second kappa shape index (κ2) is 5.58. The van der Waals surface area contributed by atoms with Gasteiger partial charge >= 0.3 is 6.09 Å². The highest BCUT2D eigenvalue weighted by Gasteiger charge is 2.33. The van der Waals surface area contributed by atoms with E-state index < -0.39 is 6.09 Å². The molecule has 2 N–H and O–H groups in total. The predicted molar refractivity (Wildman–Crippen MR) is 78.3 cm³/mol. The van der Waals surface area contributed by atoms with Crippen LogP contribution in [-0.4, -0.2) is 11.2 Å². The third-order valence-corrected chi connectivity index (χ3v) is 3.95. The van der Waals surface area contributed by atoms with Crippen LogP contribution in [0.2, 0.25) is 10.0 Å². The van der Waals surface area contributed by atoms with Crippen LogP contribution in [0.15, 0.2) is 22.7 Å². The van der Waals surface area contributed by atoms with Crippen molar-refractivity contribution in [2.45, 2.75) is 25.4 Å². The van der Waals surface area contributed by atoms with Crippen LogP contribution in [0.4, 0.5) is 4.79 Å². The summed E-state index contributed by atoms with van der Waals surface area (Å²) in [4.78, 5) is 10.9. The molecule has 0 atom stereocenters. The van der Waals surface area contributed by atoms with E-state index in [1.807, 2.05) is 0 Å². The van der Waals surface area contributed by atoms with Gasteiger partial charge in [-0.05, 0) is 25.0 Å². The average Bonchev–Trinajstić information content (AvgIpc) is 3.18. The highest BCUT2D eigenvalue weighted by atomic mass is 35.5. The second-order valence-electron chi connectivity index (χ2n) is 4.85. The fourth-order valence-electron chi connectivity index (χ4n) is 2.19. The maximum absolute atomic E-state index is 10.9. The van der Waals surface area contributed by atoms with Crippen LogP contribution in [0.3, 0.4) is 0 Å². The van der Waals surface area contributed by atoms with Crippen LogP contribution in [-0.2, 0) is 11.3 Å². The van der Waals surface area contributed by atoms with E-state index >= 15 is 0 Å². The lowest BCUT2D eigenvalue weighted by Gasteiger charge is -2.07. The number of rotatable bonds is 4. The summed E-state index contributed by atoms with van der Waals surface area (Å²) < 4.78 is 10.3. The number of ether oxygens (including phenoxy) is 1. The molecule has 1 fully saturated rings. The molecule has 1 heterocycles. The Labute approximate surface area is 130 Å². The lowest BCUT2D eigenvalue weighted by molar-refractivity contribution is 0.149. The Morgan fingerprint density at radius 1 is 1.38 bits per heavy atom. The first-order valence-corrected chi connectivity index (χ1v) is 7.18. The van der Waals surface area contributed by atoms with E-state index in [2.05, 4.69) is 5.16 Å². The molecule has 1 aliphatic rings. The van der Waals surface area contributed by atoms with Gasteiger partial charge in [-0.3, -0.25) is 0 Å². The second-order valence-corrected chi connectivity index (χ2v) is 5.67. The first kappa shape index (κ1) is 14.2. The third-order valence-electron chi connectivity index (χ3n) is 3.33. The van der Waals surface area contributed by atoms with Gasteiger partial charge in [0.15, 0.2) is 0 Å². The molecule has 1 saturated carbocycles. The lowest BCUT2D eigenvalue weighted by Crippen LogP contribution is -2.13. The number of hydrogen-bond acceptors (Lipinski definition) is 4. The number of carbonyl (C=O) groups excluding carboxylic acids is 1. The normalized spacial score (nSPS) is 14.2. The Morgan fingerprint density at radius 3 is 2.62 bits per heavy atom. The largest absolute Gasteiger partial charge is 0.445 e. The Kier molecular flexibility index (Phi) is 3.78. The van der Waals surface area contributed by atoms with Crippen LogP contribution in [0.5, 0.6) is 0 Å². The zero-order chi connectivity index (χ0) is 15.0. The van der Waals surface area contributed by atoms with Crippen LogP contribution in [0, 0.1) is 0 Å². The molecule has 0 spiro atoms. The molecule has 0 unspecified atom stereocenters. The van der Waals surface area contributed by atoms with E-state index in [1.165, 1.54) is 0 Å². The molecule has 0 bridgehead atoms. The van der Waals surface area contributed by atoms with Gasteiger partial charge in [0.05, 0.1) is 15.6 Å². The van der Waals surface area contributed by atoms with Gasteiger partial charge in [-0.2, -0.15) is 0 Å². The molecule has 1 aromatic carbocycles. The summed E-state index contributed by atoms with van der Waals surface area (Å²) in [7, 11) is 0. The summed E-state index contributed by atoms with van der Waals surface area (Å²) in [5, 5.41) is 4.99. The van der Waals surface area contributed by atoms with E-state index in [4.69, 9.17) is 38.2 Å². The van der Waals surface area contributed by atoms with E-state index in [0.29, 0.717) is 38.5 Å². The van der Waals surface area contributed by atoms with Gasteiger partial charge in [0.2, 0.25) is 0 Å². The maximum Gasteiger partial charge on any atom is 0.404 e. The first-order chi connectivity index (χ1) is 10.1. The number of nitrogens with zero attached hydrogens (tertiary/aromatic N) is 1. The summed E-state index contributed by atoms with van der Waals surface area (Å²) in [6, 6.07) is 5.18. The summed E-state index contributed by atoms with van der Waals surface area (Å²) in [6.07, 6.45) is 1.19. The van der Waals surface area contributed by atoms with Gasteiger partial charge < -0.3 is 15.0 Å². The topological polar surface area (TPSA) is 78.4 Å². The third kappa shape index (κ3) is 2.84. The summed E-state index contributed by atoms with van der Waals surface area (Å²) in [5.41, 5.74) is 6.77. The van der Waals surface area contributed by atoms with Crippen molar-refractivity contribution in [3.05, 3.63) is 39.6 Å². The summed E-state index contributed by atoms with van der Waals surface area (Å²) in [5.74, 6) is 1.02. The van der Waals surface area contributed by atoms with Gasteiger partial charge in [0.1, 0.15) is 18.1 Å². The van der Waals surface area contributed by atoms with Crippen molar-refractivity contribution in [3.8, 4) is 11.3 Å². The Morgan fingerprint density at radius 2 is 2.05 bits per heavy atom. The number of aromatic nitrogens is 1. The predicted octanol–water partition coefficient (Wildman–Crippen LogP) is 4.12. The SMILES string of the molecule is NC(=O)OCc1c(-c2c(Cl)cccc2Cl)noc1C1CC1. The lowest BCUT2D eigenvalue weighted by atomic mass is 10.0. The van der Waals surface area contributed by atoms with E-state index in [-0.39, 0.29) is 6.61 Å². The molecular weight excluding hydrogens is 315 g/mol. The molecule has 1 aliphatic carbocycles. The fraction of sp³-hybridized carbons (Fsp3) is 0.286. The van der Waals surface area contributed by atoms with Crippen LogP contribution in [0.1, 0.15) is 30.1 Å². The van der Waals surface area contributed by atoms with Crippen LogP contribution < -0.4 is 5.73 Å². The molecule has 1 aromatic heterocycles. The fourth-order valence-corrected chi connectivity index (χ4v) is 2.77. The Balaban J connectivity index is 2.07. The minimum Gasteiger partial charge on any atom is -0.445 e. The number of halogens is 2. The van der Waals surface area contributed by atoms with Crippen molar-refractivity contribution < 1.29 is 14.1 Å². The first-order valence-electron chi connectivity index (χ1n) is 6.43. The van der Waals surface area contributed by atoms with Crippen molar-refractivity contribution in [1.82, 2.24) is 5.16 Å². The van der Waals surface area contributed by atoms with Gasteiger partial charge in [0, 0.05) is 11.5 Å². The smallest absolute Gasteiger partial charge is 0.404 e. The van der Waals surface area contributed by atoms with Gasteiger partial charge in [-0.1, -0.05) is 34.4 Å². The molecule has 21 heavy (non-hydrogen) atoms. The van der Waals surface area contributed by atoms with Crippen molar-refractivity contribution in [1.29, 1.82) is 0 Å². The number of primary amides is 1. The van der Waals surface area contributed by atoms with Gasteiger partial charge in [-0.25, -0.2) is 4.79 Å². The van der Waals surface area contributed by atoms with Crippen molar-refractivity contribution in [2.75, 3.05) is 0 Å². The zero-order valence-corrected chi connectivity index (χ0v) is 12.4. The summed E-state index contributed by atoms with van der Waals surface area (Å²) in [6.45, 7) is -0.0123. The van der Waals surface area contributed by atoms with Crippen LogP contribution in [0.25, 0.3) is 11.3 Å². The molecule has 0 saturated heterocycles. The maximum atomic E-state index is 10.9. The average molecular weight is 327 g/mol. The molecule has 5 nitrogen and oxygen atoms in total. The van der Waals surface area contributed by atoms with Gasteiger partial charge in [-0.15, -0.1) is 0 Å². The monoisotopic (exact) mass is 326 g/mol. The quantitative estimate of drug-likeness (QED) is 0.916. The molecule has 0 aliphatic heterocycles. The minimum absolute atomic E-state index is 0.0123. The van der Waals surface area contributed by atoms with E-state index in [0.717, 1.165) is 12.8 Å². The number of nitrogens with two attached hydrogens (primary N) is 1. The zero-order valence-electron chi connectivity index (χ0n) is 10.9. The highest BCUT2D eigenvalue weighted by Crippen LogP contribution is 2.45. The number of hydrogen-bond donors (Lipinski definition) is 1. The number of benzene rings is 1. The van der Waals surface area contributed by atoms with E-state index in [1.54, 1.807) is 18.2 Å². The molecule has 1 amide bonds. The molecule has 0 radical (unpaired) electrons. The summed E-state index contributed by atoms with van der Waals surface area (Å²) >= 11 is 12.4. The van der Waals surface area contributed by atoms with Crippen LogP contribution >= 0.6 is 23.2 Å². The number of carbonyl (C=O) groups is 1. The molecule has 3 rings (SSSR count). The Bertz CT molecular complexity index is 675. The number of amides is 1. The molecule has 110 valence electrons. The van der Waals surface area contributed by atoms with Crippen molar-refractivity contribution in [2.24, 2.45) is 5.73 Å². The van der Waals surface area contributed by atoms with Crippen molar-refractivity contribution in [3.63, 3.8) is 0 Å². The highest BCUT2D eigenvalue weighted by molar-refractivity contribution is 6.39.